The third-order valence-electron chi connectivity index (χ3n) is 4.47. The SMILES string of the molecule is COC(=O)CCn1c(=NC(=O)c2ccc(C)cc2C)sc2ccc(OC)cc21. The van der Waals surface area contributed by atoms with E-state index >= 15 is 0 Å². The highest BCUT2D eigenvalue weighted by atomic mass is 32.1. The summed E-state index contributed by atoms with van der Waals surface area (Å²) in [5.41, 5.74) is 3.41. The number of amides is 1. The molecule has 0 saturated carbocycles. The minimum absolute atomic E-state index is 0.185. The van der Waals surface area contributed by atoms with Gasteiger partial charge in [0.25, 0.3) is 5.91 Å². The van der Waals surface area contributed by atoms with Crippen molar-refractivity contribution in [2.45, 2.75) is 26.8 Å². The van der Waals surface area contributed by atoms with Crippen LogP contribution in [0.5, 0.6) is 5.75 Å². The molecule has 28 heavy (non-hydrogen) atoms. The van der Waals surface area contributed by atoms with E-state index < -0.39 is 0 Å². The summed E-state index contributed by atoms with van der Waals surface area (Å²) in [5, 5.41) is 0. The van der Waals surface area contributed by atoms with Gasteiger partial charge in [0.05, 0.1) is 30.9 Å². The number of rotatable bonds is 5. The molecule has 0 fully saturated rings. The van der Waals surface area contributed by atoms with Crippen molar-refractivity contribution in [1.82, 2.24) is 4.57 Å². The number of ether oxygens (including phenoxy) is 2. The normalized spacial score (nSPS) is 11.6. The highest BCUT2D eigenvalue weighted by Gasteiger charge is 2.13. The van der Waals surface area contributed by atoms with Crippen LogP contribution in [0.2, 0.25) is 0 Å². The van der Waals surface area contributed by atoms with E-state index in [9.17, 15) is 9.59 Å². The molecule has 0 aliphatic heterocycles. The summed E-state index contributed by atoms with van der Waals surface area (Å²) in [5.74, 6) is 0.0774. The predicted molar refractivity (Wildman–Crippen MR) is 109 cm³/mol. The monoisotopic (exact) mass is 398 g/mol. The second kappa shape index (κ2) is 8.39. The van der Waals surface area contributed by atoms with Crippen LogP contribution in [0.25, 0.3) is 10.2 Å². The lowest BCUT2D eigenvalue weighted by Gasteiger charge is -2.06. The fourth-order valence-corrected chi connectivity index (χ4v) is 4.02. The highest BCUT2D eigenvalue weighted by Crippen LogP contribution is 2.23. The number of fused-ring (bicyclic) bond motifs is 1. The summed E-state index contributed by atoms with van der Waals surface area (Å²) < 4.78 is 12.9. The van der Waals surface area contributed by atoms with Gasteiger partial charge in [0.2, 0.25) is 0 Å². The first-order chi connectivity index (χ1) is 13.4. The Morgan fingerprint density at radius 3 is 2.57 bits per heavy atom. The van der Waals surface area contributed by atoms with E-state index in [2.05, 4.69) is 4.99 Å². The van der Waals surface area contributed by atoms with E-state index in [1.165, 1.54) is 18.4 Å². The molecule has 1 aromatic heterocycles. The van der Waals surface area contributed by atoms with Gasteiger partial charge in [-0.3, -0.25) is 9.59 Å². The van der Waals surface area contributed by atoms with Crippen LogP contribution in [0.4, 0.5) is 0 Å². The lowest BCUT2D eigenvalue weighted by atomic mass is 10.1. The van der Waals surface area contributed by atoms with Gasteiger partial charge in [-0.1, -0.05) is 29.0 Å². The molecular weight excluding hydrogens is 376 g/mol. The maximum atomic E-state index is 12.8. The second-order valence-corrected chi connectivity index (χ2v) is 7.44. The van der Waals surface area contributed by atoms with Gasteiger partial charge in [-0.2, -0.15) is 4.99 Å². The molecule has 1 heterocycles. The summed E-state index contributed by atoms with van der Waals surface area (Å²) in [6.45, 7) is 4.24. The molecule has 146 valence electrons. The van der Waals surface area contributed by atoms with Crippen molar-refractivity contribution in [3.8, 4) is 5.75 Å². The van der Waals surface area contributed by atoms with Gasteiger partial charge in [-0.05, 0) is 37.6 Å². The molecule has 0 atom stereocenters. The van der Waals surface area contributed by atoms with E-state index in [0.717, 1.165) is 21.3 Å². The van der Waals surface area contributed by atoms with E-state index in [1.807, 2.05) is 48.7 Å². The number of benzene rings is 2. The number of hydrogen-bond donors (Lipinski definition) is 0. The van der Waals surface area contributed by atoms with E-state index in [0.29, 0.717) is 22.7 Å². The molecule has 3 aromatic rings. The number of nitrogens with zero attached hydrogens (tertiary/aromatic N) is 2. The van der Waals surface area contributed by atoms with Gasteiger partial charge in [0.15, 0.2) is 4.80 Å². The molecule has 0 bridgehead atoms. The van der Waals surface area contributed by atoms with Crippen molar-refractivity contribution in [2.24, 2.45) is 4.99 Å². The van der Waals surface area contributed by atoms with Crippen molar-refractivity contribution in [1.29, 1.82) is 0 Å². The summed E-state index contributed by atoms with van der Waals surface area (Å²) in [6.07, 6.45) is 0.185. The molecule has 1 amide bonds. The van der Waals surface area contributed by atoms with Crippen LogP contribution < -0.4 is 9.54 Å². The lowest BCUT2D eigenvalue weighted by molar-refractivity contribution is -0.140. The zero-order chi connectivity index (χ0) is 20.3. The lowest BCUT2D eigenvalue weighted by Crippen LogP contribution is -2.19. The maximum absolute atomic E-state index is 12.8. The average molecular weight is 398 g/mol. The third kappa shape index (κ3) is 4.14. The fourth-order valence-electron chi connectivity index (χ4n) is 2.98. The summed E-state index contributed by atoms with van der Waals surface area (Å²) in [4.78, 5) is 29.4. The average Bonchev–Trinajstić information content (AvgIpc) is 3.01. The Morgan fingerprint density at radius 1 is 1.11 bits per heavy atom. The first-order valence-electron chi connectivity index (χ1n) is 8.83. The van der Waals surface area contributed by atoms with Crippen molar-refractivity contribution in [3.05, 3.63) is 57.9 Å². The Kier molecular flexibility index (Phi) is 5.94. The van der Waals surface area contributed by atoms with Crippen LogP contribution >= 0.6 is 11.3 Å². The molecule has 3 rings (SSSR count). The third-order valence-corrected chi connectivity index (χ3v) is 5.53. The van der Waals surface area contributed by atoms with Crippen molar-refractivity contribution in [3.63, 3.8) is 0 Å². The molecule has 6 nitrogen and oxygen atoms in total. The molecule has 0 unspecified atom stereocenters. The standard InChI is InChI=1S/C21H22N2O4S/c1-13-5-7-16(14(2)11-13)20(25)22-21-23(10-9-19(24)27-4)17-12-15(26-3)6-8-18(17)28-21/h5-8,11-12H,9-10H2,1-4H3. The predicted octanol–water partition coefficient (Wildman–Crippen LogP) is 3.63. The number of thiazole rings is 1. The molecule has 0 aliphatic carbocycles. The Morgan fingerprint density at radius 2 is 1.89 bits per heavy atom. The smallest absolute Gasteiger partial charge is 0.307 e. The van der Waals surface area contributed by atoms with Crippen LogP contribution in [0.15, 0.2) is 41.4 Å². The molecule has 7 heteroatoms. The molecule has 0 saturated heterocycles. The number of aryl methyl sites for hydroxylation is 3. The number of carbonyl (C=O) groups excluding carboxylic acids is 2. The Labute approximate surface area is 167 Å². The van der Waals surface area contributed by atoms with E-state index in [-0.39, 0.29) is 18.3 Å². The number of aromatic nitrogens is 1. The minimum atomic E-state index is -0.318. The van der Waals surface area contributed by atoms with E-state index in [4.69, 9.17) is 9.47 Å². The fraction of sp³-hybridized carbons (Fsp3) is 0.286. The molecule has 0 aliphatic rings. The molecule has 0 radical (unpaired) electrons. The van der Waals surface area contributed by atoms with Crippen LogP contribution in [0.3, 0.4) is 0 Å². The molecule has 2 aromatic carbocycles. The van der Waals surface area contributed by atoms with Crippen molar-refractivity contribution in [2.75, 3.05) is 14.2 Å². The first-order valence-corrected chi connectivity index (χ1v) is 9.65. The summed E-state index contributed by atoms with van der Waals surface area (Å²) in [7, 11) is 2.96. The number of methoxy groups -OCH3 is 2. The quantitative estimate of drug-likeness (QED) is 0.616. The van der Waals surface area contributed by atoms with Gasteiger partial charge in [0, 0.05) is 18.2 Å². The van der Waals surface area contributed by atoms with Gasteiger partial charge < -0.3 is 14.0 Å². The van der Waals surface area contributed by atoms with Crippen LogP contribution in [0, 0.1) is 13.8 Å². The maximum Gasteiger partial charge on any atom is 0.307 e. The zero-order valence-electron chi connectivity index (χ0n) is 16.3. The van der Waals surface area contributed by atoms with Gasteiger partial charge >= 0.3 is 5.97 Å². The van der Waals surface area contributed by atoms with Gasteiger partial charge in [-0.25, -0.2) is 0 Å². The largest absolute Gasteiger partial charge is 0.497 e. The van der Waals surface area contributed by atoms with Gasteiger partial charge in [0.1, 0.15) is 5.75 Å². The number of esters is 1. The Bertz CT molecular complexity index is 1110. The minimum Gasteiger partial charge on any atom is -0.497 e. The number of carbonyl (C=O) groups is 2. The van der Waals surface area contributed by atoms with Crippen LogP contribution in [0.1, 0.15) is 27.9 Å². The van der Waals surface area contributed by atoms with Crippen molar-refractivity contribution >= 4 is 33.4 Å². The molecular formula is C21H22N2O4S. The molecule has 0 spiro atoms. The van der Waals surface area contributed by atoms with Gasteiger partial charge in [-0.15, -0.1) is 0 Å². The summed E-state index contributed by atoms with van der Waals surface area (Å²) in [6, 6.07) is 11.3. The van der Waals surface area contributed by atoms with Crippen molar-refractivity contribution < 1.29 is 19.1 Å². The Balaban J connectivity index is 2.11. The zero-order valence-corrected chi connectivity index (χ0v) is 17.1. The van der Waals surface area contributed by atoms with Crippen LogP contribution in [-0.2, 0) is 16.1 Å². The topological polar surface area (TPSA) is 69.9 Å². The highest BCUT2D eigenvalue weighted by molar-refractivity contribution is 7.16. The number of hydrogen-bond acceptors (Lipinski definition) is 5. The first kappa shape index (κ1) is 19.8. The Hall–Kier alpha value is -2.93. The molecule has 0 N–H and O–H groups in total. The van der Waals surface area contributed by atoms with E-state index in [1.54, 1.807) is 13.2 Å². The van der Waals surface area contributed by atoms with Crippen LogP contribution in [-0.4, -0.2) is 30.7 Å². The summed E-state index contributed by atoms with van der Waals surface area (Å²) >= 11 is 1.40. The second-order valence-electron chi connectivity index (χ2n) is 6.43.